The van der Waals surface area contributed by atoms with Crippen LogP contribution in [0.2, 0.25) is 10.0 Å². The van der Waals surface area contributed by atoms with Crippen LogP contribution >= 0.6 is 23.2 Å². The number of fused-ring (bicyclic) bond motifs is 1. The number of hydrogen-bond acceptors (Lipinski definition) is 5. The quantitative estimate of drug-likeness (QED) is 0.411. The molecule has 0 bridgehead atoms. The van der Waals surface area contributed by atoms with Crippen molar-refractivity contribution in [3.8, 4) is 0 Å². The molecule has 0 saturated carbocycles. The van der Waals surface area contributed by atoms with Gasteiger partial charge >= 0.3 is 5.97 Å². The number of benzene rings is 1. The van der Waals surface area contributed by atoms with Gasteiger partial charge in [-0.25, -0.2) is 9.78 Å². The number of piperidine rings is 1. The monoisotopic (exact) mass is 502 g/mol. The summed E-state index contributed by atoms with van der Waals surface area (Å²) in [4.78, 5) is 33.8. The molecule has 1 aliphatic heterocycles. The number of aryl methyl sites for hydroxylation is 1. The van der Waals surface area contributed by atoms with E-state index in [1.807, 2.05) is 18.2 Å². The van der Waals surface area contributed by atoms with Gasteiger partial charge in [0.15, 0.2) is 5.69 Å². The minimum absolute atomic E-state index is 0.0266. The topological polar surface area (TPSA) is 108 Å². The minimum atomic E-state index is -1.09. The number of anilines is 1. The third kappa shape index (κ3) is 4.75. The Bertz CT molecular complexity index is 1260. The summed E-state index contributed by atoms with van der Waals surface area (Å²) in [7, 11) is 0. The molecule has 1 amide bonds. The van der Waals surface area contributed by atoms with Gasteiger partial charge in [0.25, 0.3) is 5.91 Å². The summed E-state index contributed by atoms with van der Waals surface area (Å²) in [6, 6.07) is 8.70. The first-order valence-corrected chi connectivity index (χ1v) is 11.5. The van der Waals surface area contributed by atoms with Crippen LogP contribution in [0.1, 0.15) is 33.1 Å². The number of pyridine rings is 1. The van der Waals surface area contributed by atoms with Gasteiger partial charge in [-0.05, 0) is 25.5 Å². The summed E-state index contributed by atoms with van der Waals surface area (Å²) in [5, 5.41) is 13.9. The van der Waals surface area contributed by atoms with Crippen molar-refractivity contribution in [2.24, 2.45) is 0 Å². The van der Waals surface area contributed by atoms with Crippen LogP contribution in [-0.4, -0.2) is 58.8 Å². The van der Waals surface area contributed by atoms with E-state index in [0.717, 1.165) is 11.1 Å². The lowest BCUT2D eigenvalue weighted by Crippen LogP contribution is -2.55. The molecule has 0 aliphatic carbocycles. The average molecular weight is 503 g/mol. The summed E-state index contributed by atoms with van der Waals surface area (Å²) in [6.45, 7) is 6.77. The first-order valence-electron chi connectivity index (χ1n) is 10.7. The van der Waals surface area contributed by atoms with E-state index in [-0.39, 0.29) is 34.5 Å². The van der Waals surface area contributed by atoms with Crippen molar-refractivity contribution in [2.75, 3.05) is 24.6 Å². The number of amides is 1. The normalized spacial score (nSPS) is 18.1. The molecular weight excluding hydrogens is 479 g/mol. The van der Waals surface area contributed by atoms with Crippen molar-refractivity contribution in [1.29, 1.82) is 0 Å². The van der Waals surface area contributed by atoms with Gasteiger partial charge in [0, 0.05) is 29.9 Å². The van der Waals surface area contributed by atoms with Gasteiger partial charge in [-0.3, -0.25) is 4.79 Å². The van der Waals surface area contributed by atoms with Crippen LogP contribution < -0.4 is 10.2 Å². The van der Waals surface area contributed by atoms with E-state index in [9.17, 15) is 14.7 Å². The number of halogens is 2. The van der Waals surface area contributed by atoms with Crippen molar-refractivity contribution < 1.29 is 19.4 Å². The summed E-state index contributed by atoms with van der Waals surface area (Å²) < 4.78 is 6.01. The Morgan fingerprint density at radius 1 is 1.35 bits per heavy atom. The number of nitrogens with zero attached hydrogens (tertiary/aromatic N) is 2. The van der Waals surface area contributed by atoms with E-state index in [4.69, 9.17) is 27.9 Å². The molecule has 2 aromatic heterocycles. The van der Waals surface area contributed by atoms with Crippen molar-refractivity contribution in [3.05, 3.63) is 70.1 Å². The number of H-pyrrole nitrogens is 1. The van der Waals surface area contributed by atoms with Crippen LogP contribution in [0.25, 0.3) is 10.9 Å². The molecule has 2 unspecified atom stereocenters. The van der Waals surface area contributed by atoms with Gasteiger partial charge < -0.3 is 25.0 Å². The minimum Gasteiger partial charge on any atom is -0.477 e. The Kier molecular flexibility index (Phi) is 7.11. The van der Waals surface area contributed by atoms with Crippen LogP contribution in [0.3, 0.4) is 0 Å². The molecule has 1 saturated heterocycles. The first-order chi connectivity index (χ1) is 16.3. The number of aromatic amines is 1. The van der Waals surface area contributed by atoms with Crippen molar-refractivity contribution in [3.63, 3.8) is 0 Å². The molecule has 8 nitrogen and oxygen atoms in total. The Morgan fingerprint density at radius 2 is 2.12 bits per heavy atom. The zero-order valence-electron chi connectivity index (χ0n) is 18.5. The summed E-state index contributed by atoms with van der Waals surface area (Å²) in [5.41, 5.74) is 2.16. The average Bonchev–Trinajstić information content (AvgIpc) is 3.10. The molecule has 1 aliphatic rings. The molecule has 3 heterocycles. The predicted octanol–water partition coefficient (Wildman–Crippen LogP) is 4.46. The van der Waals surface area contributed by atoms with Gasteiger partial charge in [0.2, 0.25) is 0 Å². The van der Waals surface area contributed by atoms with Gasteiger partial charge in [-0.2, -0.15) is 0 Å². The third-order valence-electron chi connectivity index (χ3n) is 5.84. The lowest BCUT2D eigenvalue weighted by Gasteiger charge is -2.40. The highest BCUT2D eigenvalue weighted by Crippen LogP contribution is 2.31. The standard InChI is InChI=1S/C24H24Cl2N4O4/c1-3-10-34-19-12-30(18-11-17(24(32)33)28-15-7-5-4-6-14(15)18)9-8-16(19)29-23(31)22-21(26)20(25)13(2)27-22/h3-7,11,16,19,27H,1,8-10,12H2,2H3,(H,29,31)(H,32,33). The highest BCUT2D eigenvalue weighted by molar-refractivity contribution is 6.44. The van der Waals surface area contributed by atoms with Crippen LogP contribution in [0.15, 0.2) is 43.0 Å². The number of rotatable bonds is 7. The fourth-order valence-electron chi connectivity index (χ4n) is 4.16. The molecule has 1 aromatic carbocycles. The van der Waals surface area contributed by atoms with Crippen LogP contribution in [-0.2, 0) is 4.74 Å². The molecule has 10 heteroatoms. The van der Waals surface area contributed by atoms with Crippen molar-refractivity contribution >= 4 is 51.7 Å². The number of para-hydroxylation sites is 1. The highest BCUT2D eigenvalue weighted by atomic mass is 35.5. The fourth-order valence-corrected chi connectivity index (χ4v) is 4.57. The maximum Gasteiger partial charge on any atom is 0.354 e. The second-order valence-corrected chi connectivity index (χ2v) is 8.83. The van der Waals surface area contributed by atoms with Crippen LogP contribution in [0.5, 0.6) is 0 Å². The first kappa shape index (κ1) is 24.1. The Balaban J connectivity index is 1.60. The summed E-state index contributed by atoms with van der Waals surface area (Å²) in [5.74, 6) is -1.46. The zero-order chi connectivity index (χ0) is 24.4. The second kappa shape index (κ2) is 10.0. The molecule has 34 heavy (non-hydrogen) atoms. The van der Waals surface area contributed by atoms with Crippen LogP contribution in [0, 0.1) is 6.92 Å². The van der Waals surface area contributed by atoms with Crippen molar-refractivity contribution in [1.82, 2.24) is 15.3 Å². The molecule has 178 valence electrons. The number of aromatic carboxylic acids is 1. The zero-order valence-corrected chi connectivity index (χ0v) is 20.0. The predicted molar refractivity (Wildman–Crippen MR) is 132 cm³/mol. The Labute approximate surface area is 206 Å². The van der Waals surface area contributed by atoms with Gasteiger partial charge in [-0.15, -0.1) is 6.58 Å². The number of nitrogens with one attached hydrogen (secondary N) is 2. The number of aromatic nitrogens is 2. The molecule has 3 N–H and O–H groups in total. The highest BCUT2D eigenvalue weighted by Gasteiger charge is 2.33. The number of ether oxygens (including phenoxy) is 1. The number of carbonyl (C=O) groups is 2. The fraction of sp³-hybridized carbons (Fsp3) is 0.292. The second-order valence-electron chi connectivity index (χ2n) is 8.08. The van der Waals surface area contributed by atoms with E-state index in [0.29, 0.717) is 42.4 Å². The van der Waals surface area contributed by atoms with Gasteiger partial charge in [0.1, 0.15) is 5.69 Å². The maximum atomic E-state index is 12.9. The van der Waals surface area contributed by atoms with Crippen LogP contribution in [0.4, 0.5) is 5.69 Å². The molecular formula is C24H24Cl2N4O4. The number of carboxylic acid groups (broad SMARTS) is 1. The molecule has 0 spiro atoms. The smallest absolute Gasteiger partial charge is 0.354 e. The van der Waals surface area contributed by atoms with E-state index in [1.54, 1.807) is 25.1 Å². The largest absolute Gasteiger partial charge is 0.477 e. The van der Waals surface area contributed by atoms with Gasteiger partial charge in [0.05, 0.1) is 34.3 Å². The Morgan fingerprint density at radius 3 is 2.79 bits per heavy atom. The number of carboxylic acids is 1. The van der Waals surface area contributed by atoms with E-state index in [1.165, 1.54) is 0 Å². The SMILES string of the molecule is C=CCOC1CN(c2cc(C(=O)O)nc3ccccc23)CCC1NC(=O)c1[nH]c(C)c(Cl)c1Cl. The van der Waals surface area contributed by atoms with Crippen molar-refractivity contribution in [2.45, 2.75) is 25.5 Å². The lowest BCUT2D eigenvalue weighted by molar-refractivity contribution is 0.0355. The van der Waals surface area contributed by atoms with Gasteiger partial charge in [-0.1, -0.05) is 47.5 Å². The molecule has 2 atom stereocenters. The summed E-state index contributed by atoms with van der Waals surface area (Å²) in [6.07, 6.45) is 1.84. The Hall–Kier alpha value is -3.07. The molecule has 3 aromatic rings. The number of hydrogen-bond donors (Lipinski definition) is 3. The lowest BCUT2D eigenvalue weighted by atomic mass is 9.99. The molecule has 1 fully saturated rings. The third-order valence-corrected chi connectivity index (χ3v) is 6.79. The number of carbonyl (C=O) groups excluding carboxylic acids is 1. The maximum absolute atomic E-state index is 12.9. The van der Waals surface area contributed by atoms with E-state index in [2.05, 4.69) is 26.8 Å². The van der Waals surface area contributed by atoms with E-state index >= 15 is 0 Å². The van der Waals surface area contributed by atoms with E-state index < -0.39 is 5.97 Å². The summed E-state index contributed by atoms with van der Waals surface area (Å²) >= 11 is 12.3. The molecule has 4 rings (SSSR count). The molecule has 0 radical (unpaired) electrons.